The van der Waals surface area contributed by atoms with Crippen LogP contribution in [0.4, 0.5) is 0 Å². The van der Waals surface area contributed by atoms with Crippen molar-refractivity contribution in [2.75, 3.05) is 0 Å². The zero-order valence-electron chi connectivity index (χ0n) is 10.6. The van der Waals surface area contributed by atoms with Gasteiger partial charge in [0.25, 0.3) is 5.56 Å². The molecule has 0 bridgehead atoms. The summed E-state index contributed by atoms with van der Waals surface area (Å²) in [5.74, 6) is 1.53. The van der Waals surface area contributed by atoms with Gasteiger partial charge < -0.3 is 4.98 Å². The summed E-state index contributed by atoms with van der Waals surface area (Å²) in [6.07, 6.45) is 0. The molecule has 90 valence electrons. The number of hydrogen-bond acceptors (Lipinski definition) is 3. The monoisotopic (exact) mass is 240 g/mol. The lowest BCUT2D eigenvalue weighted by atomic mass is 9.92. The molecule has 0 spiro atoms. The van der Waals surface area contributed by atoms with E-state index in [1.54, 1.807) is 17.8 Å². The van der Waals surface area contributed by atoms with Crippen LogP contribution in [0.5, 0.6) is 0 Å². The molecule has 1 aromatic rings. The van der Waals surface area contributed by atoms with Crippen LogP contribution in [0.1, 0.15) is 46.1 Å². The second kappa shape index (κ2) is 5.04. The summed E-state index contributed by atoms with van der Waals surface area (Å²) in [6.45, 7) is 10.5. The van der Waals surface area contributed by atoms with Crippen molar-refractivity contribution in [3.05, 3.63) is 27.9 Å². The minimum absolute atomic E-state index is 0.0562. The zero-order chi connectivity index (χ0) is 12.3. The number of hydrogen-bond donors (Lipinski definition) is 1. The third kappa shape index (κ3) is 4.00. The van der Waals surface area contributed by atoms with Gasteiger partial charge in [0.1, 0.15) is 5.82 Å². The Kier molecular flexibility index (Phi) is 4.19. The van der Waals surface area contributed by atoms with Crippen LogP contribution in [0.25, 0.3) is 0 Å². The molecule has 1 N–H and O–H groups in total. The quantitative estimate of drug-likeness (QED) is 0.883. The van der Waals surface area contributed by atoms with Crippen LogP contribution < -0.4 is 5.56 Å². The molecule has 0 fully saturated rings. The second-order valence-electron chi connectivity index (χ2n) is 5.19. The summed E-state index contributed by atoms with van der Waals surface area (Å²) in [4.78, 5) is 18.8. The average Bonchev–Trinajstić information content (AvgIpc) is 2.12. The molecule has 0 saturated carbocycles. The van der Waals surface area contributed by atoms with Crippen molar-refractivity contribution in [3.63, 3.8) is 0 Å². The fourth-order valence-corrected chi connectivity index (χ4v) is 1.83. The predicted molar refractivity (Wildman–Crippen MR) is 70.0 cm³/mol. The predicted octanol–water partition coefficient (Wildman–Crippen LogP) is 2.71. The van der Waals surface area contributed by atoms with Crippen LogP contribution in [0.15, 0.2) is 10.9 Å². The lowest BCUT2D eigenvalue weighted by molar-refractivity contribution is 0.562. The van der Waals surface area contributed by atoms with E-state index in [2.05, 4.69) is 44.6 Å². The summed E-state index contributed by atoms with van der Waals surface area (Å²) in [5, 5.41) is 0.545. The molecule has 0 unspecified atom stereocenters. The van der Waals surface area contributed by atoms with E-state index in [4.69, 9.17) is 0 Å². The van der Waals surface area contributed by atoms with E-state index in [1.165, 1.54) is 0 Å². The molecule has 1 rings (SSSR count). The first-order chi connectivity index (χ1) is 7.29. The van der Waals surface area contributed by atoms with Gasteiger partial charge in [0.15, 0.2) is 0 Å². The van der Waals surface area contributed by atoms with Gasteiger partial charge in [-0.05, 0) is 5.25 Å². The van der Waals surface area contributed by atoms with Gasteiger partial charge in [-0.1, -0.05) is 34.6 Å². The van der Waals surface area contributed by atoms with Gasteiger partial charge in [-0.3, -0.25) is 4.79 Å². The van der Waals surface area contributed by atoms with Crippen LogP contribution in [0.3, 0.4) is 0 Å². The Morgan fingerprint density at radius 1 is 1.44 bits per heavy atom. The third-order valence-corrected chi connectivity index (χ3v) is 3.22. The number of rotatable bonds is 3. The molecule has 0 aliphatic rings. The molecule has 0 aliphatic heterocycles. The van der Waals surface area contributed by atoms with Crippen molar-refractivity contribution in [2.24, 2.45) is 0 Å². The van der Waals surface area contributed by atoms with E-state index in [9.17, 15) is 4.79 Å². The van der Waals surface area contributed by atoms with Crippen LogP contribution in [-0.2, 0) is 11.2 Å². The molecule has 0 amide bonds. The van der Waals surface area contributed by atoms with Crippen molar-refractivity contribution in [2.45, 2.75) is 51.0 Å². The lowest BCUT2D eigenvalue weighted by Gasteiger charge is -2.17. The summed E-state index contributed by atoms with van der Waals surface area (Å²) in [5.41, 5.74) is 0.723. The first-order valence-corrected chi connectivity index (χ1v) is 6.56. The minimum Gasteiger partial charge on any atom is -0.310 e. The van der Waals surface area contributed by atoms with Gasteiger partial charge in [-0.15, -0.1) is 0 Å². The van der Waals surface area contributed by atoms with Crippen LogP contribution >= 0.6 is 11.8 Å². The number of H-pyrrole nitrogens is 1. The molecule has 0 aromatic carbocycles. The Morgan fingerprint density at radius 2 is 2.06 bits per heavy atom. The molecular weight excluding hydrogens is 220 g/mol. The number of nitrogens with one attached hydrogen (secondary N) is 1. The zero-order valence-corrected chi connectivity index (χ0v) is 11.4. The molecule has 1 heterocycles. The van der Waals surface area contributed by atoms with E-state index in [1.807, 2.05) is 0 Å². The highest BCUT2D eigenvalue weighted by Gasteiger charge is 2.17. The normalized spacial score (nSPS) is 12.1. The van der Waals surface area contributed by atoms with Gasteiger partial charge in [0.2, 0.25) is 0 Å². The van der Waals surface area contributed by atoms with Crippen molar-refractivity contribution in [1.29, 1.82) is 0 Å². The SMILES string of the molecule is CC(C)SCc1nc(C(C)(C)C)cc(=O)[nH]1. The molecule has 0 radical (unpaired) electrons. The van der Waals surface area contributed by atoms with E-state index >= 15 is 0 Å². The molecular formula is C12H20N2OS. The Labute approximate surface area is 101 Å². The minimum atomic E-state index is -0.0779. The summed E-state index contributed by atoms with van der Waals surface area (Å²) >= 11 is 1.78. The molecule has 0 atom stereocenters. The number of aromatic amines is 1. The van der Waals surface area contributed by atoms with E-state index in [0.29, 0.717) is 5.25 Å². The number of nitrogens with zero attached hydrogens (tertiary/aromatic N) is 1. The molecule has 1 aromatic heterocycles. The Bertz CT molecular complexity index is 404. The molecule has 4 heteroatoms. The second-order valence-corrected chi connectivity index (χ2v) is 6.75. The van der Waals surface area contributed by atoms with Crippen LogP contribution in [-0.4, -0.2) is 15.2 Å². The Hall–Kier alpha value is -0.770. The Balaban J connectivity index is 2.95. The molecule has 0 saturated heterocycles. The maximum Gasteiger partial charge on any atom is 0.251 e. The van der Waals surface area contributed by atoms with Crippen molar-refractivity contribution in [3.8, 4) is 0 Å². The third-order valence-electron chi connectivity index (χ3n) is 2.11. The molecule has 0 aliphatic carbocycles. The van der Waals surface area contributed by atoms with E-state index in [-0.39, 0.29) is 11.0 Å². The maximum atomic E-state index is 11.5. The van der Waals surface area contributed by atoms with Gasteiger partial charge in [-0.25, -0.2) is 4.98 Å². The highest BCUT2D eigenvalue weighted by molar-refractivity contribution is 7.99. The average molecular weight is 240 g/mol. The van der Waals surface area contributed by atoms with Crippen molar-refractivity contribution < 1.29 is 0 Å². The maximum absolute atomic E-state index is 11.5. The van der Waals surface area contributed by atoms with Crippen molar-refractivity contribution >= 4 is 11.8 Å². The van der Waals surface area contributed by atoms with E-state index < -0.39 is 0 Å². The highest BCUT2D eigenvalue weighted by Crippen LogP contribution is 2.20. The lowest BCUT2D eigenvalue weighted by Crippen LogP contribution is -2.21. The topological polar surface area (TPSA) is 45.8 Å². The summed E-state index contributed by atoms with van der Waals surface area (Å²) < 4.78 is 0. The highest BCUT2D eigenvalue weighted by atomic mass is 32.2. The van der Waals surface area contributed by atoms with Crippen molar-refractivity contribution in [1.82, 2.24) is 9.97 Å². The smallest absolute Gasteiger partial charge is 0.251 e. The first-order valence-electron chi connectivity index (χ1n) is 5.51. The van der Waals surface area contributed by atoms with Gasteiger partial charge >= 0.3 is 0 Å². The molecule has 3 nitrogen and oxygen atoms in total. The number of aromatic nitrogens is 2. The fourth-order valence-electron chi connectivity index (χ4n) is 1.21. The largest absolute Gasteiger partial charge is 0.310 e. The Morgan fingerprint density at radius 3 is 2.56 bits per heavy atom. The van der Waals surface area contributed by atoms with E-state index in [0.717, 1.165) is 17.3 Å². The summed E-state index contributed by atoms with van der Waals surface area (Å²) in [6, 6.07) is 1.59. The van der Waals surface area contributed by atoms with Crippen LogP contribution in [0.2, 0.25) is 0 Å². The van der Waals surface area contributed by atoms with Gasteiger partial charge in [-0.2, -0.15) is 11.8 Å². The van der Waals surface area contributed by atoms with Crippen LogP contribution in [0, 0.1) is 0 Å². The van der Waals surface area contributed by atoms with Gasteiger partial charge in [0, 0.05) is 11.5 Å². The first kappa shape index (κ1) is 13.3. The number of thioether (sulfide) groups is 1. The molecule has 16 heavy (non-hydrogen) atoms. The summed E-state index contributed by atoms with van der Waals surface area (Å²) in [7, 11) is 0. The fraction of sp³-hybridized carbons (Fsp3) is 0.667. The van der Waals surface area contributed by atoms with Gasteiger partial charge in [0.05, 0.1) is 11.4 Å². The standard InChI is InChI=1S/C12H20N2OS/c1-8(2)16-7-10-13-9(12(3,4)5)6-11(15)14-10/h6,8H,7H2,1-5H3,(H,13,14,15).